The molecule has 2 aromatic rings. The van der Waals surface area contributed by atoms with Gasteiger partial charge in [-0.05, 0) is 12.1 Å². The van der Waals surface area contributed by atoms with Crippen LogP contribution in [-0.4, -0.2) is 20.5 Å². The average molecular weight is 190 g/mol. The second-order valence-corrected chi connectivity index (χ2v) is 2.71. The zero-order chi connectivity index (χ0) is 10.1. The maximum Gasteiger partial charge on any atom is 0.342 e. The summed E-state index contributed by atoms with van der Waals surface area (Å²) in [6, 6.07) is 5.00. The van der Waals surface area contributed by atoms with Gasteiger partial charge in [0.05, 0.1) is 0 Å². The fraction of sp³-hybridized carbons (Fsp3) is 0. The second-order valence-electron chi connectivity index (χ2n) is 2.71. The van der Waals surface area contributed by atoms with Crippen LogP contribution in [0.2, 0.25) is 0 Å². The van der Waals surface area contributed by atoms with Gasteiger partial charge in [-0.25, -0.2) is 9.78 Å². The molecule has 0 amide bonds. The van der Waals surface area contributed by atoms with Gasteiger partial charge in [-0.1, -0.05) is 6.07 Å². The van der Waals surface area contributed by atoms with Crippen LogP contribution in [0.25, 0.3) is 5.65 Å². The molecule has 2 rings (SSSR count). The van der Waals surface area contributed by atoms with Gasteiger partial charge in [-0.15, -0.1) is 0 Å². The highest BCUT2D eigenvalue weighted by Gasteiger charge is 2.10. The quantitative estimate of drug-likeness (QED) is 0.706. The van der Waals surface area contributed by atoms with E-state index in [-0.39, 0.29) is 5.56 Å². The molecular weight excluding hydrogens is 184 g/mol. The topological polar surface area (TPSA) is 71.7 Å². The standard InChI is InChI=1S/C9H6N2O3/c12-8-6(9(13)14)5-10-7-3-1-2-4-11(7)8/h1-5H,(H,13,14). The van der Waals surface area contributed by atoms with Gasteiger partial charge in [0, 0.05) is 12.4 Å². The van der Waals surface area contributed by atoms with Gasteiger partial charge in [-0.2, -0.15) is 0 Å². The summed E-state index contributed by atoms with van der Waals surface area (Å²) in [7, 11) is 0. The van der Waals surface area contributed by atoms with Crippen LogP contribution >= 0.6 is 0 Å². The lowest BCUT2D eigenvalue weighted by Gasteiger charge is -1.99. The summed E-state index contributed by atoms with van der Waals surface area (Å²) in [6.45, 7) is 0. The maximum atomic E-state index is 11.5. The largest absolute Gasteiger partial charge is 0.477 e. The first kappa shape index (κ1) is 8.43. The van der Waals surface area contributed by atoms with E-state index in [0.29, 0.717) is 5.65 Å². The molecule has 0 bridgehead atoms. The predicted octanol–water partition coefficient (Wildman–Crippen LogP) is 0.393. The van der Waals surface area contributed by atoms with E-state index in [9.17, 15) is 9.59 Å². The Balaban J connectivity index is 2.89. The van der Waals surface area contributed by atoms with Crippen molar-refractivity contribution in [3.63, 3.8) is 0 Å². The number of carbonyl (C=O) groups is 1. The molecule has 0 aromatic carbocycles. The van der Waals surface area contributed by atoms with Crippen molar-refractivity contribution in [1.82, 2.24) is 9.38 Å². The van der Waals surface area contributed by atoms with Gasteiger partial charge in [-0.3, -0.25) is 9.20 Å². The molecule has 0 spiro atoms. The monoisotopic (exact) mass is 190 g/mol. The van der Waals surface area contributed by atoms with Crippen LogP contribution in [0, 0.1) is 0 Å². The molecule has 14 heavy (non-hydrogen) atoms. The van der Waals surface area contributed by atoms with E-state index >= 15 is 0 Å². The highest BCUT2D eigenvalue weighted by molar-refractivity contribution is 5.86. The van der Waals surface area contributed by atoms with Crippen molar-refractivity contribution in [1.29, 1.82) is 0 Å². The number of hydrogen-bond donors (Lipinski definition) is 1. The van der Waals surface area contributed by atoms with Crippen molar-refractivity contribution in [2.75, 3.05) is 0 Å². The van der Waals surface area contributed by atoms with E-state index in [4.69, 9.17) is 5.11 Å². The van der Waals surface area contributed by atoms with Crippen molar-refractivity contribution in [2.45, 2.75) is 0 Å². The Bertz CT molecular complexity index is 559. The Labute approximate surface area is 78.3 Å². The number of aromatic carboxylic acids is 1. The summed E-state index contributed by atoms with van der Waals surface area (Å²) >= 11 is 0. The third kappa shape index (κ3) is 1.15. The molecule has 0 unspecified atom stereocenters. The molecule has 5 heteroatoms. The first-order chi connectivity index (χ1) is 6.70. The highest BCUT2D eigenvalue weighted by atomic mass is 16.4. The van der Waals surface area contributed by atoms with Crippen LogP contribution in [0.5, 0.6) is 0 Å². The molecule has 0 saturated heterocycles. The van der Waals surface area contributed by atoms with Gasteiger partial charge in [0.2, 0.25) is 0 Å². The minimum atomic E-state index is -1.26. The molecule has 0 atom stereocenters. The molecule has 5 nitrogen and oxygen atoms in total. The van der Waals surface area contributed by atoms with E-state index in [1.807, 2.05) is 0 Å². The summed E-state index contributed by atoms with van der Waals surface area (Å²) in [6.07, 6.45) is 2.55. The molecule has 0 fully saturated rings. The van der Waals surface area contributed by atoms with E-state index in [0.717, 1.165) is 6.20 Å². The summed E-state index contributed by atoms with van der Waals surface area (Å²) in [5, 5.41) is 8.67. The number of carboxylic acids is 1. The molecule has 2 heterocycles. The summed E-state index contributed by atoms with van der Waals surface area (Å²) < 4.78 is 1.20. The van der Waals surface area contributed by atoms with E-state index in [2.05, 4.69) is 4.98 Å². The van der Waals surface area contributed by atoms with Gasteiger partial charge >= 0.3 is 5.97 Å². The Morgan fingerprint density at radius 1 is 1.43 bits per heavy atom. The summed E-state index contributed by atoms with van der Waals surface area (Å²) in [4.78, 5) is 26.0. The molecule has 0 aliphatic rings. The Morgan fingerprint density at radius 3 is 2.93 bits per heavy atom. The minimum Gasteiger partial charge on any atom is -0.477 e. The van der Waals surface area contributed by atoms with E-state index < -0.39 is 11.5 Å². The predicted molar refractivity (Wildman–Crippen MR) is 48.4 cm³/mol. The maximum absolute atomic E-state index is 11.5. The third-order valence-corrected chi connectivity index (χ3v) is 1.84. The van der Waals surface area contributed by atoms with E-state index in [1.165, 1.54) is 10.6 Å². The lowest BCUT2D eigenvalue weighted by molar-refractivity contribution is 0.0694. The lowest BCUT2D eigenvalue weighted by atomic mass is 10.3. The Hall–Kier alpha value is -2.17. The van der Waals surface area contributed by atoms with Gasteiger partial charge in [0.25, 0.3) is 5.56 Å². The minimum absolute atomic E-state index is 0.325. The van der Waals surface area contributed by atoms with Crippen molar-refractivity contribution in [3.05, 3.63) is 46.5 Å². The average Bonchev–Trinajstić information content (AvgIpc) is 2.18. The second kappa shape index (κ2) is 2.95. The number of pyridine rings is 1. The fourth-order valence-corrected chi connectivity index (χ4v) is 1.17. The molecule has 0 radical (unpaired) electrons. The van der Waals surface area contributed by atoms with Crippen molar-refractivity contribution in [2.24, 2.45) is 0 Å². The van der Waals surface area contributed by atoms with Crippen LogP contribution < -0.4 is 5.56 Å². The Kier molecular flexibility index (Phi) is 1.78. The highest BCUT2D eigenvalue weighted by Crippen LogP contribution is 1.96. The third-order valence-electron chi connectivity index (χ3n) is 1.84. The zero-order valence-electron chi connectivity index (χ0n) is 7.04. The smallest absolute Gasteiger partial charge is 0.342 e. The summed E-state index contributed by atoms with van der Waals surface area (Å²) in [5.41, 5.74) is -0.459. The molecule has 0 saturated carbocycles. The molecule has 1 N–H and O–H groups in total. The Morgan fingerprint density at radius 2 is 2.21 bits per heavy atom. The first-order valence-electron chi connectivity index (χ1n) is 3.90. The van der Waals surface area contributed by atoms with Crippen LogP contribution in [0.4, 0.5) is 0 Å². The molecule has 0 aliphatic carbocycles. The van der Waals surface area contributed by atoms with Crippen LogP contribution in [0.15, 0.2) is 35.4 Å². The van der Waals surface area contributed by atoms with Crippen LogP contribution in [-0.2, 0) is 0 Å². The SMILES string of the molecule is O=C(O)c1cnc2ccccn2c1=O. The van der Waals surface area contributed by atoms with Crippen molar-refractivity contribution in [3.8, 4) is 0 Å². The number of rotatable bonds is 1. The number of hydrogen-bond acceptors (Lipinski definition) is 3. The van der Waals surface area contributed by atoms with Crippen molar-refractivity contribution >= 4 is 11.6 Å². The number of nitrogens with zero attached hydrogens (tertiary/aromatic N) is 2. The number of aromatic nitrogens is 2. The molecule has 70 valence electrons. The van der Waals surface area contributed by atoms with Gasteiger partial charge in [0.15, 0.2) is 0 Å². The fourth-order valence-electron chi connectivity index (χ4n) is 1.17. The van der Waals surface area contributed by atoms with Crippen LogP contribution in [0.3, 0.4) is 0 Å². The van der Waals surface area contributed by atoms with E-state index in [1.54, 1.807) is 18.2 Å². The lowest BCUT2D eigenvalue weighted by Crippen LogP contribution is -2.22. The molecular formula is C9H6N2O3. The number of fused-ring (bicyclic) bond motifs is 1. The van der Waals surface area contributed by atoms with Gasteiger partial charge < -0.3 is 5.11 Å². The first-order valence-corrected chi connectivity index (χ1v) is 3.90. The molecule has 0 aliphatic heterocycles. The number of carboxylic acid groups (broad SMARTS) is 1. The van der Waals surface area contributed by atoms with Crippen molar-refractivity contribution < 1.29 is 9.90 Å². The zero-order valence-corrected chi connectivity index (χ0v) is 7.04. The molecule has 2 aromatic heterocycles. The summed E-state index contributed by atoms with van der Waals surface area (Å²) in [5.74, 6) is -1.26. The normalized spacial score (nSPS) is 10.3. The van der Waals surface area contributed by atoms with Gasteiger partial charge in [0.1, 0.15) is 11.2 Å². The van der Waals surface area contributed by atoms with Crippen LogP contribution in [0.1, 0.15) is 10.4 Å².